The van der Waals surface area contributed by atoms with E-state index in [1.165, 1.54) is 0 Å². The number of fused-ring (bicyclic) bond motifs is 1. The van der Waals surface area contributed by atoms with E-state index in [2.05, 4.69) is 15.5 Å². The Bertz CT molecular complexity index is 769. The number of amides is 2. The van der Waals surface area contributed by atoms with Crippen LogP contribution in [0.2, 0.25) is 0 Å². The first kappa shape index (κ1) is 14.9. The van der Waals surface area contributed by atoms with Crippen LogP contribution in [0, 0.1) is 0 Å². The number of aromatic nitrogens is 2. The van der Waals surface area contributed by atoms with Gasteiger partial charge in [0.15, 0.2) is 0 Å². The van der Waals surface area contributed by atoms with Gasteiger partial charge in [-0.1, -0.05) is 24.2 Å². The van der Waals surface area contributed by atoms with E-state index in [-0.39, 0.29) is 12.1 Å². The van der Waals surface area contributed by atoms with Gasteiger partial charge in [0.25, 0.3) is 0 Å². The molecule has 0 saturated carbocycles. The van der Waals surface area contributed by atoms with E-state index in [1.807, 2.05) is 25.1 Å². The largest absolute Gasteiger partial charge is 0.491 e. The van der Waals surface area contributed by atoms with Crippen LogP contribution in [-0.2, 0) is 6.42 Å². The first-order chi connectivity index (χ1) is 11.6. The highest BCUT2D eigenvalue weighted by atomic mass is 16.5. The number of nitrogens with one attached hydrogen (secondary N) is 1. The Hall–Kier alpha value is -2.61. The van der Waals surface area contributed by atoms with Crippen LogP contribution in [0.1, 0.15) is 24.4 Å². The smallest absolute Gasteiger partial charge is 0.318 e. The van der Waals surface area contributed by atoms with E-state index in [0.29, 0.717) is 43.6 Å². The van der Waals surface area contributed by atoms with Gasteiger partial charge in [0.2, 0.25) is 11.7 Å². The molecule has 2 aliphatic heterocycles. The van der Waals surface area contributed by atoms with Crippen LogP contribution >= 0.6 is 0 Å². The molecule has 0 spiro atoms. The van der Waals surface area contributed by atoms with Crippen molar-refractivity contribution >= 4 is 6.03 Å². The number of carbonyl (C=O) groups excluding carboxylic acids is 1. The number of carbonyl (C=O) groups is 1. The fourth-order valence-electron chi connectivity index (χ4n) is 2.85. The average Bonchev–Trinajstić information content (AvgIpc) is 3.18. The third-order valence-electron chi connectivity index (χ3n) is 4.27. The van der Waals surface area contributed by atoms with Gasteiger partial charge < -0.3 is 24.6 Å². The molecule has 126 valence electrons. The van der Waals surface area contributed by atoms with E-state index in [0.717, 1.165) is 11.1 Å². The molecule has 1 fully saturated rings. The van der Waals surface area contributed by atoms with Crippen LogP contribution in [0.15, 0.2) is 22.7 Å². The zero-order valence-electron chi connectivity index (χ0n) is 13.2. The molecule has 1 atom stereocenters. The molecule has 2 amide bonds. The molecule has 0 aliphatic carbocycles. The molecule has 2 aliphatic rings. The fourth-order valence-corrected chi connectivity index (χ4v) is 2.85. The van der Waals surface area contributed by atoms with Crippen molar-refractivity contribution in [3.63, 3.8) is 0 Å². The summed E-state index contributed by atoms with van der Waals surface area (Å²) < 4.78 is 10.8. The second-order valence-corrected chi connectivity index (χ2v) is 5.99. The van der Waals surface area contributed by atoms with Gasteiger partial charge in [-0.25, -0.2) is 4.79 Å². The molecule has 2 N–H and O–H groups in total. The van der Waals surface area contributed by atoms with Crippen molar-refractivity contribution in [1.82, 2.24) is 20.4 Å². The Morgan fingerprint density at radius 2 is 2.29 bits per heavy atom. The molecule has 1 saturated heterocycles. The Balaban J connectivity index is 1.49. The number of aryl methyl sites for hydroxylation is 1. The molecule has 1 aromatic heterocycles. The topological polar surface area (TPSA) is 101 Å². The predicted molar refractivity (Wildman–Crippen MR) is 83.5 cm³/mol. The normalized spacial score (nSPS) is 19.6. The molecule has 2 aromatic rings. The second kappa shape index (κ2) is 5.79. The minimum Gasteiger partial charge on any atom is -0.491 e. The number of hydrogen-bond acceptors (Lipinski definition) is 6. The van der Waals surface area contributed by atoms with Gasteiger partial charge in [-0.3, -0.25) is 0 Å². The summed E-state index contributed by atoms with van der Waals surface area (Å²) in [7, 11) is 0. The SMILES string of the molecule is CCc1nc(-c2ccc3c(c2)OCC3NC(=O)N2CC(O)C2)no1. The minimum absolute atomic E-state index is 0.184. The van der Waals surface area contributed by atoms with E-state index < -0.39 is 6.10 Å². The van der Waals surface area contributed by atoms with Gasteiger partial charge in [-0.2, -0.15) is 4.98 Å². The van der Waals surface area contributed by atoms with Crippen LogP contribution in [0.25, 0.3) is 11.4 Å². The molecule has 1 unspecified atom stereocenters. The van der Waals surface area contributed by atoms with Crippen LogP contribution in [0.3, 0.4) is 0 Å². The maximum Gasteiger partial charge on any atom is 0.318 e. The predicted octanol–water partition coefficient (Wildman–Crippen LogP) is 1.12. The summed E-state index contributed by atoms with van der Waals surface area (Å²) in [6.07, 6.45) is 0.279. The number of likely N-dealkylation sites (tertiary alicyclic amines) is 1. The molecule has 1 aromatic carbocycles. The lowest BCUT2D eigenvalue weighted by Gasteiger charge is -2.36. The van der Waals surface area contributed by atoms with Crippen molar-refractivity contribution in [2.24, 2.45) is 0 Å². The van der Waals surface area contributed by atoms with E-state index in [1.54, 1.807) is 4.90 Å². The van der Waals surface area contributed by atoms with E-state index >= 15 is 0 Å². The Morgan fingerprint density at radius 1 is 1.46 bits per heavy atom. The van der Waals surface area contributed by atoms with Crippen LogP contribution in [0.4, 0.5) is 4.79 Å². The van der Waals surface area contributed by atoms with Crippen molar-refractivity contribution in [2.75, 3.05) is 19.7 Å². The molecule has 8 heteroatoms. The maximum absolute atomic E-state index is 12.1. The molecule has 24 heavy (non-hydrogen) atoms. The number of urea groups is 1. The number of aliphatic hydroxyl groups excluding tert-OH is 1. The van der Waals surface area contributed by atoms with Crippen LogP contribution in [0.5, 0.6) is 5.75 Å². The summed E-state index contributed by atoms with van der Waals surface area (Å²) in [5.74, 6) is 1.83. The van der Waals surface area contributed by atoms with E-state index in [9.17, 15) is 9.90 Å². The standard InChI is InChI=1S/C16H18N4O4/c1-2-14-18-15(19-24-14)9-3-4-11-12(8-23-13(11)5-9)17-16(22)20-6-10(21)7-20/h3-5,10,12,21H,2,6-8H2,1H3,(H,17,22). The molecule has 0 bridgehead atoms. The van der Waals surface area contributed by atoms with Crippen LogP contribution < -0.4 is 10.1 Å². The molecule has 8 nitrogen and oxygen atoms in total. The highest BCUT2D eigenvalue weighted by molar-refractivity contribution is 5.76. The van der Waals surface area contributed by atoms with Crippen molar-refractivity contribution in [1.29, 1.82) is 0 Å². The lowest BCUT2D eigenvalue weighted by atomic mass is 10.1. The number of β-amino-alcohol motifs (C(OH)–C–C–N with tert-alkyl or cyclic N) is 1. The van der Waals surface area contributed by atoms with Crippen molar-refractivity contribution < 1.29 is 19.2 Å². The Kier molecular flexibility index (Phi) is 3.61. The third-order valence-corrected chi connectivity index (χ3v) is 4.27. The molecule has 3 heterocycles. The number of rotatable bonds is 3. The lowest BCUT2D eigenvalue weighted by molar-refractivity contribution is 0.0255. The Morgan fingerprint density at radius 3 is 3.00 bits per heavy atom. The number of ether oxygens (including phenoxy) is 1. The quantitative estimate of drug-likeness (QED) is 0.874. The zero-order valence-corrected chi connectivity index (χ0v) is 13.2. The van der Waals surface area contributed by atoms with Crippen molar-refractivity contribution in [2.45, 2.75) is 25.5 Å². The summed E-state index contributed by atoms with van der Waals surface area (Å²) in [6, 6.07) is 5.28. The van der Waals surface area contributed by atoms with Crippen molar-refractivity contribution in [3.05, 3.63) is 29.7 Å². The van der Waals surface area contributed by atoms with E-state index in [4.69, 9.17) is 9.26 Å². The average molecular weight is 330 g/mol. The van der Waals surface area contributed by atoms with Crippen molar-refractivity contribution in [3.8, 4) is 17.1 Å². The Labute approximate surface area is 138 Å². The molecule has 0 radical (unpaired) electrons. The highest BCUT2D eigenvalue weighted by Crippen LogP contribution is 2.35. The van der Waals surface area contributed by atoms with Gasteiger partial charge in [-0.05, 0) is 6.07 Å². The second-order valence-electron chi connectivity index (χ2n) is 5.99. The maximum atomic E-state index is 12.1. The van der Waals surface area contributed by atoms with Gasteiger partial charge in [-0.15, -0.1) is 0 Å². The first-order valence-electron chi connectivity index (χ1n) is 7.97. The summed E-state index contributed by atoms with van der Waals surface area (Å²) >= 11 is 0. The summed E-state index contributed by atoms with van der Waals surface area (Å²) in [5.41, 5.74) is 1.74. The lowest BCUT2D eigenvalue weighted by Crippen LogP contribution is -2.57. The summed E-state index contributed by atoms with van der Waals surface area (Å²) in [6.45, 7) is 3.09. The number of nitrogens with zero attached hydrogens (tertiary/aromatic N) is 3. The van der Waals surface area contributed by atoms with Gasteiger partial charge in [0, 0.05) is 17.5 Å². The van der Waals surface area contributed by atoms with Gasteiger partial charge in [0.1, 0.15) is 12.4 Å². The molecular formula is C16H18N4O4. The minimum atomic E-state index is -0.409. The highest BCUT2D eigenvalue weighted by Gasteiger charge is 2.32. The number of aliphatic hydroxyl groups is 1. The number of hydrogen-bond donors (Lipinski definition) is 2. The zero-order chi connectivity index (χ0) is 16.7. The molecule has 4 rings (SSSR count). The fraction of sp³-hybridized carbons (Fsp3) is 0.438. The molecular weight excluding hydrogens is 312 g/mol. The van der Waals surface area contributed by atoms with Crippen LogP contribution in [-0.4, -0.2) is 52.0 Å². The first-order valence-corrected chi connectivity index (χ1v) is 7.97. The summed E-state index contributed by atoms with van der Waals surface area (Å²) in [5, 5.41) is 16.2. The summed E-state index contributed by atoms with van der Waals surface area (Å²) in [4.78, 5) is 18.0. The number of benzene rings is 1. The monoisotopic (exact) mass is 330 g/mol. The van der Waals surface area contributed by atoms with Gasteiger partial charge in [0.05, 0.1) is 25.2 Å². The van der Waals surface area contributed by atoms with Gasteiger partial charge >= 0.3 is 6.03 Å². The third kappa shape index (κ3) is 2.58.